The number of fused-ring (bicyclic) bond motifs is 1. The lowest BCUT2D eigenvalue weighted by atomic mass is 10.1. The number of carbonyl (C=O) groups is 1. The Balaban J connectivity index is 1.93. The lowest BCUT2D eigenvalue weighted by Crippen LogP contribution is -2.29. The van der Waals surface area contributed by atoms with Gasteiger partial charge < -0.3 is 10.0 Å². The van der Waals surface area contributed by atoms with Gasteiger partial charge in [-0.2, -0.15) is 0 Å². The first-order chi connectivity index (χ1) is 10.1. The lowest BCUT2D eigenvalue weighted by molar-refractivity contribution is -0.131. The molecule has 3 rings (SSSR count). The van der Waals surface area contributed by atoms with Crippen LogP contribution < -0.4 is 4.90 Å². The number of hydrogen-bond acceptors (Lipinski definition) is 3. The average Bonchev–Trinajstić information content (AvgIpc) is 2.92. The second kappa shape index (κ2) is 5.92. The van der Waals surface area contributed by atoms with Crippen LogP contribution in [-0.2, 0) is 17.8 Å². The van der Waals surface area contributed by atoms with E-state index in [1.165, 1.54) is 10.4 Å². The molecule has 5 heteroatoms. The molecule has 1 aliphatic rings. The highest BCUT2D eigenvalue weighted by Crippen LogP contribution is 2.31. The molecule has 0 unspecified atom stereocenters. The van der Waals surface area contributed by atoms with Crippen molar-refractivity contribution in [3.05, 3.63) is 56.7 Å². The van der Waals surface area contributed by atoms with Gasteiger partial charge in [-0.3, -0.25) is 0 Å². The Hall–Kier alpha value is -1.78. The summed E-state index contributed by atoms with van der Waals surface area (Å²) < 4.78 is 0. The number of carboxylic acids is 1. The zero-order valence-corrected chi connectivity index (χ0v) is 12.8. The molecule has 0 bridgehead atoms. The van der Waals surface area contributed by atoms with Gasteiger partial charge in [0.05, 0.1) is 0 Å². The number of aliphatic carboxylic acids is 1. The second-order valence-electron chi connectivity index (χ2n) is 4.92. The van der Waals surface area contributed by atoms with E-state index in [2.05, 4.69) is 16.3 Å². The van der Waals surface area contributed by atoms with Crippen molar-refractivity contribution in [2.75, 3.05) is 11.4 Å². The molecule has 2 heterocycles. The Kier molecular flexibility index (Phi) is 3.99. The molecule has 0 atom stereocenters. The molecular weight excluding hydrogens is 306 g/mol. The molecule has 1 aromatic carbocycles. The van der Waals surface area contributed by atoms with Crippen LogP contribution in [-0.4, -0.2) is 17.6 Å². The predicted molar refractivity (Wildman–Crippen MR) is 87.2 cm³/mol. The second-order valence-corrected chi connectivity index (χ2v) is 6.35. The van der Waals surface area contributed by atoms with Gasteiger partial charge in [0.15, 0.2) is 0 Å². The molecule has 0 aliphatic carbocycles. The largest absolute Gasteiger partial charge is 0.478 e. The quantitative estimate of drug-likeness (QED) is 0.867. The minimum Gasteiger partial charge on any atom is -0.478 e. The highest BCUT2D eigenvalue weighted by molar-refractivity contribution is 7.10. The summed E-state index contributed by atoms with van der Waals surface area (Å²) >= 11 is 7.84. The predicted octanol–water partition coefficient (Wildman–Crippen LogP) is 4.06. The summed E-state index contributed by atoms with van der Waals surface area (Å²) in [5.74, 6) is -0.959. The number of benzene rings is 1. The van der Waals surface area contributed by atoms with E-state index < -0.39 is 5.97 Å². The number of nitrogens with zero attached hydrogens (tertiary/aromatic N) is 1. The van der Waals surface area contributed by atoms with Gasteiger partial charge in [-0.25, -0.2) is 4.79 Å². The van der Waals surface area contributed by atoms with E-state index in [-0.39, 0.29) is 0 Å². The van der Waals surface area contributed by atoms with Crippen LogP contribution in [0.5, 0.6) is 0 Å². The first-order valence-corrected chi connectivity index (χ1v) is 7.90. The van der Waals surface area contributed by atoms with Gasteiger partial charge in [0.25, 0.3) is 0 Å². The number of hydrogen-bond donors (Lipinski definition) is 1. The third-order valence-electron chi connectivity index (χ3n) is 3.54. The Bertz CT molecular complexity index is 708. The summed E-state index contributed by atoms with van der Waals surface area (Å²) in [6.45, 7) is 1.79. The highest BCUT2D eigenvalue weighted by atomic mass is 35.5. The molecule has 0 saturated heterocycles. The van der Waals surface area contributed by atoms with E-state index >= 15 is 0 Å². The number of carboxylic acid groups (broad SMARTS) is 1. The molecule has 3 nitrogen and oxygen atoms in total. The lowest BCUT2D eigenvalue weighted by Gasteiger charge is -2.30. The summed E-state index contributed by atoms with van der Waals surface area (Å²) in [4.78, 5) is 14.5. The zero-order valence-electron chi connectivity index (χ0n) is 11.3. The topological polar surface area (TPSA) is 40.5 Å². The summed E-state index contributed by atoms with van der Waals surface area (Å²) in [5, 5.41) is 11.6. The Morgan fingerprint density at radius 2 is 2.24 bits per heavy atom. The SMILES string of the molecule is O=C(O)/C=C/c1cc(Cl)ccc1N1CCc2sccc2C1. The van der Waals surface area contributed by atoms with E-state index in [1.54, 1.807) is 23.5 Å². The number of halogens is 1. The van der Waals surface area contributed by atoms with Crippen LogP contribution in [0.4, 0.5) is 5.69 Å². The summed E-state index contributed by atoms with van der Waals surface area (Å²) in [5.41, 5.74) is 3.21. The molecular formula is C16H14ClNO2S. The monoisotopic (exact) mass is 319 g/mol. The van der Waals surface area contributed by atoms with Crippen LogP contribution >= 0.6 is 22.9 Å². The third-order valence-corrected chi connectivity index (χ3v) is 4.80. The minimum atomic E-state index is -0.959. The maximum absolute atomic E-state index is 10.7. The van der Waals surface area contributed by atoms with Gasteiger partial charge in [0.2, 0.25) is 0 Å². The molecule has 0 radical (unpaired) electrons. The summed E-state index contributed by atoms with van der Waals surface area (Å²) in [7, 11) is 0. The van der Waals surface area contributed by atoms with Crippen molar-refractivity contribution in [3.63, 3.8) is 0 Å². The van der Waals surface area contributed by atoms with Crippen molar-refractivity contribution in [1.29, 1.82) is 0 Å². The molecule has 1 N–H and O–H groups in total. The molecule has 0 spiro atoms. The molecule has 0 fully saturated rings. The van der Waals surface area contributed by atoms with Gasteiger partial charge >= 0.3 is 5.97 Å². The summed E-state index contributed by atoms with van der Waals surface area (Å²) in [6, 6.07) is 7.77. The van der Waals surface area contributed by atoms with Crippen molar-refractivity contribution in [2.45, 2.75) is 13.0 Å². The standard InChI is InChI=1S/C16H14ClNO2S/c17-13-2-3-14(11(9-13)1-4-16(19)20)18-7-5-15-12(10-18)6-8-21-15/h1-4,6,8-9H,5,7,10H2,(H,19,20)/b4-1+. The molecule has 21 heavy (non-hydrogen) atoms. The fraction of sp³-hybridized carbons (Fsp3) is 0.188. The third kappa shape index (κ3) is 3.12. The van der Waals surface area contributed by atoms with Crippen molar-refractivity contribution in [1.82, 2.24) is 0 Å². The van der Waals surface area contributed by atoms with Gasteiger partial charge in [-0.1, -0.05) is 11.6 Å². The van der Waals surface area contributed by atoms with Gasteiger partial charge in [-0.05, 0) is 53.3 Å². The van der Waals surface area contributed by atoms with E-state index in [0.717, 1.165) is 36.8 Å². The molecule has 1 aromatic heterocycles. The Morgan fingerprint density at radius 3 is 3.05 bits per heavy atom. The molecule has 0 saturated carbocycles. The summed E-state index contributed by atoms with van der Waals surface area (Å²) in [6.07, 6.45) is 3.78. The van der Waals surface area contributed by atoms with Crippen LogP contribution in [0.2, 0.25) is 5.02 Å². The molecule has 2 aromatic rings. The van der Waals surface area contributed by atoms with Crippen molar-refractivity contribution < 1.29 is 9.90 Å². The molecule has 0 amide bonds. The fourth-order valence-corrected chi connectivity index (χ4v) is 3.63. The van der Waals surface area contributed by atoms with Crippen LogP contribution in [0, 0.1) is 0 Å². The smallest absolute Gasteiger partial charge is 0.328 e. The maximum atomic E-state index is 10.7. The first-order valence-electron chi connectivity index (χ1n) is 6.64. The highest BCUT2D eigenvalue weighted by Gasteiger charge is 2.19. The van der Waals surface area contributed by atoms with Crippen LogP contribution in [0.15, 0.2) is 35.7 Å². The van der Waals surface area contributed by atoms with Crippen LogP contribution in [0.1, 0.15) is 16.0 Å². The minimum absolute atomic E-state index is 0.608. The molecule has 1 aliphatic heterocycles. The fourth-order valence-electron chi connectivity index (χ4n) is 2.56. The normalized spacial score (nSPS) is 14.4. The van der Waals surface area contributed by atoms with Crippen LogP contribution in [0.3, 0.4) is 0 Å². The van der Waals surface area contributed by atoms with E-state index in [9.17, 15) is 4.79 Å². The Labute approximate surface area is 132 Å². The Morgan fingerprint density at radius 1 is 1.38 bits per heavy atom. The molecule has 108 valence electrons. The maximum Gasteiger partial charge on any atom is 0.328 e. The zero-order chi connectivity index (χ0) is 14.8. The van der Waals surface area contributed by atoms with Crippen molar-refractivity contribution in [2.24, 2.45) is 0 Å². The number of anilines is 1. The van der Waals surface area contributed by atoms with Crippen molar-refractivity contribution >= 4 is 40.7 Å². The first kappa shape index (κ1) is 14.2. The van der Waals surface area contributed by atoms with E-state index in [0.29, 0.717) is 5.02 Å². The van der Waals surface area contributed by atoms with Gasteiger partial charge in [0, 0.05) is 34.8 Å². The van der Waals surface area contributed by atoms with Gasteiger partial charge in [-0.15, -0.1) is 11.3 Å². The van der Waals surface area contributed by atoms with E-state index in [1.807, 2.05) is 12.1 Å². The van der Waals surface area contributed by atoms with E-state index in [4.69, 9.17) is 16.7 Å². The average molecular weight is 320 g/mol. The van der Waals surface area contributed by atoms with Crippen molar-refractivity contribution in [3.8, 4) is 0 Å². The van der Waals surface area contributed by atoms with Gasteiger partial charge in [0.1, 0.15) is 0 Å². The number of rotatable bonds is 3. The number of thiophene rings is 1. The van der Waals surface area contributed by atoms with Crippen LogP contribution in [0.25, 0.3) is 6.08 Å².